The van der Waals surface area contributed by atoms with Crippen molar-refractivity contribution in [2.45, 2.75) is 20.3 Å². The van der Waals surface area contributed by atoms with Gasteiger partial charge in [-0.1, -0.05) is 13.8 Å². The lowest BCUT2D eigenvalue weighted by Gasteiger charge is -2.04. The summed E-state index contributed by atoms with van der Waals surface area (Å²) in [5.74, 6) is 0.247. The Bertz CT molecular complexity index is 967. The molecule has 1 amide bonds. The number of hydrogen-bond acceptors (Lipinski definition) is 5. The minimum absolute atomic E-state index is 0.268. The molecule has 126 valence electrons. The highest BCUT2D eigenvalue weighted by atomic mass is 32.1. The molecular formula is C19H18N4OS. The van der Waals surface area contributed by atoms with Crippen LogP contribution in [0.2, 0.25) is 0 Å². The van der Waals surface area contributed by atoms with Crippen LogP contribution in [0.4, 0.5) is 11.4 Å². The van der Waals surface area contributed by atoms with Crippen molar-refractivity contribution >= 4 is 38.8 Å². The second kappa shape index (κ2) is 6.91. The lowest BCUT2D eigenvalue weighted by molar-refractivity contribution is 0.103. The second-order valence-corrected chi connectivity index (χ2v) is 7.24. The number of nitrogens with two attached hydrogens (primary N) is 1. The summed E-state index contributed by atoms with van der Waals surface area (Å²) >= 11 is 1.30. The van der Waals surface area contributed by atoms with Crippen molar-refractivity contribution < 1.29 is 4.79 Å². The number of aromatic nitrogens is 1. The average molecular weight is 350 g/mol. The summed E-state index contributed by atoms with van der Waals surface area (Å²) in [6, 6.07) is 12.6. The molecule has 2 heterocycles. The van der Waals surface area contributed by atoms with Crippen LogP contribution in [0.3, 0.4) is 0 Å². The smallest absolute Gasteiger partial charge is 0.267 e. The van der Waals surface area contributed by atoms with E-state index in [1.54, 1.807) is 24.3 Å². The maximum Gasteiger partial charge on any atom is 0.267 e. The van der Waals surface area contributed by atoms with E-state index in [2.05, 4.69) is 24.1 Å². The first-order valence-corrected chi connectivity index (χ1v) is 8.79. The highest BCUT2D eigenvalue weighted by Crippen LogP contribution is 2.33. The second-order valence-electron chi connectivity index (χ2n) is 6.24. The van der Waals surface area contributed by atoms with Gasteiger partial charge in [-0.3, -0.25) is 4.79 Å². The zero-order valence-electron chi connectivity index (χ0n) is 14.0. The molecule has 3 aromatic rings. The topological polar surface area (TPSA) is 91.8 Å². The maximum absolute atomic E-state index is 12.5. The van der Waals surface area contributed by atoms with Crippen LogP contribution in [0, 0.1) is 17.2 Å². The number of rotatable bonds is 4. The zero-order valence-corrected chi connectivity index (χ0v) is 14.9. The Hall–Kier alpha value is -2.91. The SMILES string of the molecule is CC(C)Cc1ccc2c(N)c(C(=O)Nc3ccc(C#N)cc3)sc2n1. The quantitative estimate of drug-likeness (QED) is 0.737. The molecular weight excluding hydrogens is 332 g/mol. The number of amides is 1. The number of pyridine rings is 1. The highest BCUT2D eigenvalue weighted by Gasteiger charge is 2.18. The number of carbonyl (C=O) groups is 1. The highest BCUT2D eigenvalue weighted by molar-refractivity contribution is 7.21. The molecule has 6 heteroatoms. The van der Waals surface area contributed by atoms with Crippen LogP contribution in [0.5, 0.6) is 0 Å². The molecule has 0 radical (unpaired) electrons. The molecule has 3 N–H and O–H groups in total. The van der Waals surface area contributed by atoms with Gasteiger partial charge in [0, 0.05) is 16.8 Å². The summed E-state index contributed by atoms with van der Waals surface area (Å²) in [4.78, 5) is 18.4. The molecule has 1 aromatic carbocycles. The summed E-state index contributed by atoms with van der Waals surface area (Å²) in [6.07, 6.45) is 0.889. The van der Waals surface area contributed by atoms with Gasteiger partial charge < -0.3 is 11.1 Å². The van der Waals surface area contributed by atoms with Crippen LogP contribution in [0.15, 0.2) is 36.4 Å². The fraction of sp³-hybridized carbons (Fsp3) is 0.211. The predicted octanol–water partition coefficient (Wildman–Crippen LogP) is 4.20. The summed E-state index contributed by atoms with van der Waals surface area (Å²) in [6.45, 7) is 4.29. The maximum atomic E-state index is 12.5. The van der Waals surface area contributed by atoms with Crippen LogP contribution in [0.1, 0.15) is 34.8 Å². The number of thiophene rings is 1. The van der Waals surface area contributed by atoms with E-state index in [1.165, 1.54) is 11.3 Å². The van der Waals surface area contributed by atoms with Gasteiger partial charge in [-0.2, -0.15) is 5.26 Å². The van der Waals surface area contributed by atoms with Crippen LogP contribution < -0.4 is 11.1 Å². The van der Waals surface area contributed by atoms with Crippen molar-refractivity contribution in [3.8, 4) is 6.07 Å². The van der Waals surface area contributed by atoms with Crippen LogP contribution >= 0.6 is 11.3 Å². The number of hydrogen-bond donors (Lipinski definition) is 2. The molecule has 0 aliphatic rings. The minimum Gasteiger partial charge on any atom is -0.397 e. The van der Waals surface area contributed by atoms with Crippen molar-refractivity contribution in [1.29, 1.82) is 5.26 Å². The monoisotopic (exact) mass is 350 g/mol. The molecule has 0 bridgehead atoms. The number of nitrogens with one attached hydrogen (secondary N) is 1. The first-order chi connectivity index (χ1) is 12.0. The molecule has 5 nitrogen and oxygen atoms in total. The number of nitrogen functional groups attached to an aromatic ring is 1. The van der Waals surface area contributed by atoms with Crippen molar-refractivity contribution in [3.05, 3.63) is 52.5 Å². The number of nitriles is 1. The average Bonchev–Trinajstić information content (AvgIpc) is 2.91. The molecule has 25 heavy (non-hydrogen) atoms. The summed E-state index contributed by atoms with van der Waals surface area (Å²) in [5, 5.41) is 12.4. The van der Waals surface area contributed by atoms with Crippen LogP contribution in [0.25, 0.3) is 10.2 Å². The van der Waals surface area contributed by atoms with Gasteiger partial charge in [0.05, 0.1) is 17.3 Å². The van der Waals surface area contributed by atoms with Gasteiger partial charge in [0.2, 0.25) is 0 Å². The Morgan fingerprint density at radius 1 is 1.28 bits per heavy atom. The molecule has 0 unspecified atom stereocenters. The lowest BCUT2D eigenvalue weighted by atomic mass is 10.1. The summed E-state index contributed by atoms with van der Waals surface area (Å²) in [7, 11) is 0. The molecule has 2 aromatic heterocycles. The third kappa shape index (κ3) is 3.62. The summed E-state index contributed by atoms with van der Waals surface area (Å²) in [5.41, 5.74) is 8.78. The van der Waals surface area contributed by atoms with Crippen molar-refractivity contribution in [3.63, 3.8) is 0 Å². The van der Waals surface area contributed by atoms with E-state index >= 15 is 0 Å². The van der Waals surface area contributed by atoms with Crippen molar-refractivity contribution in [2.24, 2.45) is 5.92 Å². The van der Waals surface area contributed by atoms with Gasteiger partial charge in [-0.05, 0) is 48.7 Å². The molecule has 0 atom stereocenters. The first-order valence-electron chi connectivity index (χ1n) is 7.97. The Balaban J connectivity index is 1.87. The number of anilines is 2. The van der Waals surface area contributed by atoms with Gasteiger partial charge in [-0.25, -0.2) is 4.98 Å². The van der Waals surface area contributed by atoms with E-state index in [-0.39, 0.29) is 5.91 Å². The van der Waals surface area contributed by atoms with Crippen molar-refractivity contribution in [1.82, 2.24) is 4.98 Å². The largest absolute Gasteiger partial charge is 0.397 e. The predicted molar refractivity (Wildman–Crippen MR) is 102 cm³/mol. The Kier molecular flexibility index (Phi) is 4.68. The molecule has 0 saturated heterocycles. The van der Waals surface area contributed by atoms with Gasteiger partial charge in [0.15, 0.2) is 0 Å². The number of carbonyl (C=O) groups excluding carboxylic acids is 1. The third-order valence-electron chi connectivity index (χ3n) is 3.75. The van der Waals surface area contributed by atoms with Crippen molar-refractivity contribution in [2.75, 3.05) is 11.1 Å². The molecule has 0 spiro atoms. The number of benzene rings is 1. The molecule has 0 fully saturated rings. The number of nitrogens with zero attached hydrogens (tertiary/aromatic N) is 2. The third-order valence-corrected chi connectivity index (χ3v) is 4.86. The first kappa shape index (κ1) is 16.9. The van der Waals surface area contributed by atoms with E-state index in [4.69, 9.17) is 11.0 Å². The number of fused-ring (bicyclic) bond motifs is 1. The summed E-state index contributed by atoms with van der Waals surface area (Å²) < 4.78 is 0. The Morgan fingerprint density at radius 3 is 2.64 bits per heavy atom. The molecule has 3 rings (SSSR count). The van der Waals surface area contributed by atoms with Gasteiger partial charge in [0.1, 0.15) is 9.71 Å². The molecule has 0 saturated carbocycles. The van der Waals surface area contributed by atoms with Gasteiger partial charge in [-0.15, -0.1) is 11.3 Å². The fourth-order valence-corrected chi connectivity index (χ4v) is 3.56. The Labute approximate surface area is 150 Å². The normalized spacial score (nSPS) is 10.8. The fourth-order valence-electron chi connectivity index (χ4n) is 2.55. The minimum atomic E-state index is -0.268. The van der Waals surface area contributed by atoms with E-state index in [9.17, 15) is 4.79 Å². The Morgan fingerprint density at radius 2 is 2.00 bits per heavy atom. The van der Waals surface area contributed by atoms with Gasteiger partial charge in [0.25, 0.3) is 5.91 Å². The van der Waals surface area contributed by atoms with E-state index in [0.717, 1.165) is 22.3 Å². The van der Waals surface area contributed by atoms with Crippen LogP contribution in [-0.2, 0) is 6.42 Å². The molecule has 0 aliphatic carbocycles. The lowest BCUT2D eigenvalue weighted by Crippen LogP contribution is -2.11. The standard InChI is InChI=1S/C19H18N4OS/c1-11(2)9-14-7-8-15-16(21)17(25-19(15)23-14)18(24)22-13-5-3-12(10-20)4-6-13/h3-8,11H,9,21H2,1-2H3,(H,22,24). The zero-order chi connectivity index (χ0) is 18.0. The van der Waals surface area contributed by atoms with Gasteiger partial charge >= 0.3 is 0 Å². The van der Waals surface area contributed by atoms with E-state index in [1.807, 2.05) is 18.2 Å². The van der Waals surface area contributed by atoms with E-state index < -0.39 is 0 Å². The van der Waals surface area contributed by atoms with E-state index in [0.29, 0.717) is 27.7 Å². The van der Waals surface area contributed by atoms with Crippen LogP contribution in [-0.4, -0.2) is 10.9 Å². The molecule has 0 aliphatic heterocycles.